The minimum Gasteiger partial charge on any atom is -0.443 e. The van der Waals surface area contributed by atoms with Crippen molar-refractivity contribution in [2.24, 2.45) is 5.92 Å². The van der Waals surface area contributed by atoms with Gasteiger partial charge in [0.25, 0.3) is 0 Å². The first-order valence-electron chi connectivity index (χ1n) is 19.1. The van der Waals surface area contributed by atoms with Crippen molar-refractivity contribution in [2.75, 3.05) is 72.9 Å². The number of carbonyl (C=O) groups excluding carboxylic acids is 5. The Morgan fingerprint density at radius 2 is 1.65 bits per heavy atom. The molecule has 2 heterocycles. The van der Waals surface area contributed by atoms with Crippen LogP contribution in [0.5, 0.6) is 0 Å². The molecular weight excluding hydrogens is 714 g/mol. The van der Waals surface area contributed by atoms with Crippen molar-refractivity contribution in [1.82, 2.24) is 26.6 Å². The van der Waals surface area contributed by atoms with E-state index in [4.69, 9.17) is 28.4 Å². The van der Waals surface area contributed by atoms with Crippen molar-refractivity contribution in [1.29, 1.82) is 0 Å². The van der Waals surface area contributed by atoms with Gasteiger partial charge in [-0.25, -0.2) is 4.79 Å². The highest BCUT2D eigenvalue weighted by atomic mass is 16.6. The van der Waals surface area contributed by atoms with Crippen LogP contribution in [0.1, 0.15) is 52.0 Å². The van der Waals surface area contributed by atoms with Crippen molar-refractivity contribution in [2.45, 2.75) is 88.4 Å². The van der Waals surface area contributed by atoms with Gasteiger partial charge < -0.3 is 59.8 Å². The maximum atomic E-state index is 12.8. The predicted molar refractivity (Wildman–Crippen MR) is 201 cm³/mol. The number of epoxide rings is 2. The van der Waals surface area contributed by atoms with E-state index in [1.807, 2.05) is 30.3 Å². The minimum absolute atomic E-state index is 0.0477. The Bertz CT molecular complexity index is 1440. The average Bonchev–Trinajstić information content (AvgIpc) is 4.09. The molecule has 306 valence electrons. The molecule has 0 bridgehead atoms. The fourth-order valence-electron chi connectivity index (χ4n) is 7.12. The lowest BCUT2D eigenvalue weighted by Crippen LogP contribution is -2.56. The summed E-state index contributed by atoms with van der Waals surface area (Å²) in [6, 6.07) is 8.71. The maximum Gasteiger partial charge on any atom is 0.407 e. The summed E-state index contributed by atoms with van der Waals surface area (Å²) in [5, 5.41) is 13.6. The number of allylic oxidation sites excluding steroid dienone is 1. The molecule has 4 rings (SSSR count). The molecule has 2 saturated heterocycles. The van der Waals surface area contributed by atoms with Gasteiger partial charge in [-0.2, -0.15) is 0 Å². The van der Waals surface area contributed by atoms with Crippen LogP contribution in [0, 0.1) is 5.92 Å². The van der Waals surface area contributed by atoms with Gasteiger partial charge in [0.15, 0.2) is 0 Å². The third-order valence-electron chi connectivity index (χ3n) is 10.1. The number of nitrogens with one attached hydrogen (secondary N) is 5. The molecule has 3 unspecified atom stereocenters. The number of carbonyl (C=O) groups is 5. The topological polar surface area (TPSA) is 207 Å². The molecule has 16 nitrogen and oxygen atoms in total. The highest BCUT2D eigenvalue weighted by molar-refractivity contribution is 5.88. The minimum atomic E-state index is -0.673. The summed E-state index contributed by atoms with van der Waals surface area (Å²) in [6.45, 7) is 8.50. The number of amides is 4. The van der Waals surface area contributed by atoms with Gasteiger partial charge in [-0.15, -0.1) is 0 Å². The van der Waals surface area contributed by atoms with Gasteiger partial charge in [0.2, 0.25) is 17.7 Å². The van der Waals surface area contributed by atoms with Crippen molar-refractivity contribution >= 4 is 30.1 Å². The van der Waals surface area contributed by atoms with Crippen LogP contribution < -0.4 is 26.6 Å². The van der Waals surface area contributed by atoms with Crippen molar-refractivity contribution in [3.63, 3.8) is 0 Å². The van der Waals surface area contributed by atoms with E-state index in [0.29, 0.717) is 45.5 Å². The molecule has 4 amide bonds. The summed E-state index contributed by atoms with van der Waals surface area (Å²) < 4.78 is 35.1. The number of hydrogen-bond donors (Lipinski definition) is 5. The molecular formula is C39H59N5O11. The van der Waals surface area contributed by atoms with Gasteiger partial charge in [-0.1, -0.05) is 42.0 Å². The monoisotopic (exact) mass is 773 g/mol. The lowest BCUT2D eigenvalue weighted by Gasteiger charge is -2.42. The number of methoxy groups -OCH3 is 1. The Balaban J connectivity index is 1.04. The average molecular weight is 774 g/mol. The molecule has 1 spiro atoms. The molecule has 3 fully saturated rings. The SMILES string of the molecule is COC1C(OC(=O)NCCOCCOCCNC(=O)CCN[C@@H](Cc2ccccc2)C(=O)NCC(=O)NCC=O)CC[C@]2(CO2)C1[C@@]1(C)O[C@@H]1CC=C(C)C. The predicted octanol–water partition coefficient (Wildman–Crippen LogP) is 0.961. The lowest BCUT2D eigenvalue weighted by atomic mass is 9.68. The molecule has 3 aliphatic rings. The number of aldehydes is 1. The van der Waals surface area contributed by atoms with Crippen LogP contribution in [0.3, 0.4) is 0 Å². The Morgan fingerprint density at radius 1 is 0.945 bits per heavy atom. The van der Waals surface area contributed by atoms with Crippen molar-refractivity contribution < 1.29 is 52.4 Å². The highest BCUT2D eigenvalue weighted by Crippen LogP contribution is 2.59. The third kappa shape index (κ3) is 14.0. The van der Waals surface area contributed by atoms with Gasteiger partial charge in [0.05, 0.1) is 64.2 Å². The van der Waals surface area contributed by atoms with Crippen LogP contribution >= 0.6 is 0 Å². The molecule has 55 heavy (non-hydrogen) atoms. The van der Waals surface area contributed by atoms with E-state index in [-0.39, 0.29) is 75.4 Å². The highest BCUT2D eigenvalue weighted by Gasteiger charge is 2.72. The van der Waals surface area contributed by atoms with Gasteiger partial charge in [0, 0.05) is 33.2 Å². The quantitative estimate of drug-likeness (QED) is 0.0408. The maximum absolute atomic E-state index is 12.8. The van der Waals surface area contributed by atoms with E-state index >= 15 is 0 Å². The molecule has 2 aliphatic heterocycles. The number of alkyl carbamates (subject to hydrolysis) is 1. The molecule has 16 heteroatoms. The Hall–Kier alpha value is -3.93. The van der Waals surface area contributed by atoms with Gasteiger partial charge in [-0.3, -0.25) is 14.4 Å². The summed E-state index contributed by atoms with van der Waals surface area (Å²) in [5.41, 5.74) is 1.47. The number of rotatable bonds is 25. The second-order valence-corrected chi connectivity index (χ2v) is 14.5. The molecule has 7 atom stereocenters. The van der Waals surface area contributed by atoms with Crippen LogP contribution in [-0.2, 0) is 54.0 Å². The summed E-state index contributed by atoms with van der Waals surface area (Å²) in [4.78, 5) is 60.1. The largest absolute Gasteiger partial charge is 0.443 e. The van der Waals surface area contributed by atoms with Crippen molar-refractivity contribution in [3.05, 3.63) is 47.5 Å². The van der Waals surface area contributed by atoms with E-state index in [1.165, 1.54) is 5.57 Å². The van der Waals surface area contributed by atoms with E-state index in [0.717, 1.165) is 18.4 Å². The van der Waals surface area contributed by atoms with E-state index < -0.39 is 35.7 Å². The van der Waals surface area contributed by atoms with Gasteiger partial charge >= 0.3 is 6.09 Å². The van der Waals surface area contributed by atoms with Gasteiger partial charge in [-0.05, 0) is 52.0 Å². The zero-order chi connectivity index (χ0) is 39.7. The van der Waals surface area contributed by atoms with Crippen LogP contribution in [0.4, 0.5) is 4.79 Å². The zero-order valence-electron chi connectivity index (χ0n) is 32.5. The standard InChI is InChI=1S/C39H59N5O11/c1-27(2)10-11-31-38(3,55-31)35-34(50-4)30(12-14-39(35)26-53-39)54-37(49)43-18-21-52-23-22-51-20-17-42-32(46)13-15-40-29(24-28-8-6-5-7-9-28)36(48)44-25-33(47)41-16-19-45/h5-10,19,29-31,34-35,40H,11-18,20-26H2,1-4H3,(H,41,47)(H,42,46)(H,43,49)(H,44,48)/t29-,30?,31+,34?,35?,38-,39-/m0/s1. The van der Waals surface area contributed by atoms with Gasteiger partial charge in [0.1, 0.15) is 29.7 Å². The Labute approximate surface area is 323 Å². The molecule has 1 saturated carbocycles. The van der Waals surface area contributed by atoms with E-state index in [2.05, 4.69) is 53.4 Å². The lowest BCUT2D eigenvalue weighted by molar-refractivity contribution is -0.127. The number of hydrogen-bond acceptors (Lipinski definition) is 12. The molecule has 0 radical (unpaired) electrons. The fraction of sp³-hybridized carbons (Fsp3) is 0.667. The summed E-state index contributed by atoms with van der Waals surface area (Å²) >= 11 is 0. The molecule has 5 N–H and O–H groups in total. The third-order valence-corrected chi connectivity index (χ3v) is 10.1. The number of ether oxygens (including phenoxy) is 6. The van der Waals surface area contributed by atoms with E-state index in [1.54, 1.807) is 7.11 Å². The fourth-order valence-corrected chi connectivity index (χ4v) is 7.12. The normalized spacial score (nSPS) is 25.6. The summed E-state index contributed by atoms with van der Waals surface area (Å²) in [7, 11) is 1.65. The second kappa shape index (κ2) is 22.0. The van der Waals surface area contributed by atoms with Crippen LogP contribution in [0.25, 0.3) is 0 Å². The zero-order valence-corrected chi connectivity index (χ0v) is 32.5. The molecule has 1 aliphatic carbocycles. The Kier molecular flexibility index (Phi) is 17.5. The first kappa shape index (κ1) is 43.8. The summed E-state index contributed by atoms with van der Waals surface area (Å²) in [6.07, 6.45) is 4.25. The smallest absolute Gasteiger partial charge is 0.407 e. The summed E-state index contributed by atoms with van der Waals surface area (Å²) in [5.74, 6) is -1.13. The molecule has 1 aromatic carbocycles. The van der Waals surface area contributed by atoms with Crippen LogP contribution in [0.15, 0.2) is 42.0 Å². The molecule has 1 aromatic rings. The number of benzene rings is 1. The van der Waals surface area contributed by atoms with E-state index in [9.17, 15) is 24.0 Å². The van der Waals surface area contributed by atoms with Crippen LogP contribution in [-0.4, -0.2) is 139 Å². The molecule has 0 aromatic heterocycles. The van der Waals surface area contributed by atoms with Crippen molar-refractivity contribution in [3.8, 4) is 0 Å². The first-order chi connectivity index (χ1) is 26.5. The Morgan fingerprint density at radius 3 is 2.31 bits per heavy atom. The van der Waals surface area contributed by atoms with Crippen LogP contribution in [0.2, 0.25) is 0 Å². The second-order valence-electron chi connectivity index (χ2n) is 14.5. The first-order valence-corrected chi connectivity index (χ1v) is 19.1.